The Morgan fingerprint density at radius 2 is 1.67 bits per heavy atom. The summed E-state index contributed by atoms with van der Waals surface area (Å²) >= 11 is 6.79. The van der Waals surface area contributed by atoms with Gasteiger partial charge >= 0.3 is 0 Å². The molecule has 3 aromatic carbocycles. The molecule has 0 saturated heterocycles. The van der Waals surface area contributed by atoms with E-state index in [0.29, 0.717) is 6.61 Å². The molecule has 1 N–H and O–H groups in total. The molecule has 6 nitrogen and oxygen atoms in total. The number of hydrogen-bond acceptors (Lipinski definition) is 5. The lowest BCUT2D eigenvalue weighted by atomic mass is 9.84. The minimum atomic E-state index is -2.65. The molecule has 0 unspecified atom stereocenters. The van der Waals surface area contributed by atoms with Crippen molar-refractivity contribution in [2.75, 3.05) is 23.6 Å². The van der Waals surface area contributed by atoms with E-state index >= 15 is 0 Å². The second-order valence-electron chi connectivity index (χ2n) is 10.4. The summed E-state index contributed by atoms with van der Waals surface area (Å²) in [4.78, 5) is 7.34. The van der Waals surface area contributed by atoms with Crippen molar-refractivity contribution in [3.05, 3.63) is 101 Å². The molecule has 1 atom stereocenters. The van der Waals surface area contributed by atoms with E-state index in [1.54, 1.807) is 0 Å². The monoisotopic (exact) mass is 553 g/mol. The summed E-state index contributed by atoms with van der Waals surface area (Å²) < 4.78 is 7.61. The Morgan fingerprint density at radius 1 is 0.974 bits per heavy atom. The minimum absolute atomic E-state index is 0.252. The molecule has 0 aliphatic carbocycles. The van der Waals surface area contributed by atoms with E-state index in [-0.39, 0.29) is 5.41 Å². The maximum atomic E-state index is 6.79. The highest BCUT2D eigenvalue weighted by Crippen LogP contribution is 2.62. The molecule has 0 fully saturated rings. The molecule has 1 aromatic heterocycles. The molecular formula is C31H32N5OPS. The number of rotatable bonds is 5. The zero-order valence-corrected chi connectivity index (χ0v) is 24.6. The van der Waals surface area contributed by atoms with Gasteiger partial charge in [0.1, 0.15) is 5.75 Å². The zero-order chi connectivity index (χ0) is 27.4. The summed E-state index contributed by atoms with van der Waals surface area (Å²) in [7, 11) is 2.13. The van der Waals surface area contributed by atoms with Crippen LogP contribution in [0.2, 0.25) is 0 Å². The Kier molecular flexibility index (Phi) is 6.24. The Bertz CT molecular complexity index is 1670. The lowest BCUT2D eigenvalue weighted by molar-refractivity contribution is 0.340. The summed E-state index contributed by atoms with van der Waals surface area (Å²) in [6.45, 7) is 9.21. The quantitative estimate of drug-likeness (QED) is 0.268. The van der Waals surface area contributed by atoms with E-state index in [4.69, 9.17) is 26.6 Å². The fourth-order valence-electron chi connectivity index (χ4n) is 5.82. The maximum absolute atomic E-state index is 6.79. The van der Waals surface area contributed by atoms with Gasteiger partial charge in [0, 0.05) is 41.1 Å². The van der Waals surface area contributed by atoms with Crippen LogP contribution in [0.1, 0.15) is 32.0 Å². The van der Waals surface area contributed by atoms with Crippen LogP contribution in [-0.4, -0.2) is 29.6 Å². The first kappa shape index (κ1) is 25.6. The van der Waals surface area contributed by atoms with Crippen molar-refractivity contribution in [1.29, 1.82) is 0 Å². The predicted octanol–water partition coefficient (Wildman–Crippen LogP) is 7.07. The van der Waals surface area contributed by atoms with Crippen LogP contribution < -0.4 is 20.0 Å². The molecule has 39 heavy (non-hydrogen) atoms. The molecule has 3 heterocycles. The van der Waals surface area contributed by atoms with Crippen LogP contribution in [0, 0.1) is 6.92 Å². The van der Waals surface area contributed by atoms with E-state index in [9.17, 15) is 0 Å². The number of aliphatic imine (C=N–C) groups is 1. The van der Waals surface area contributed by atoms with Crippen molar-refractivity contribution in [3.8, 4) is 11.4 Å². The van der Waals surface area contributed by atoms with Crippen molar-refractivity contribution in [2.24, 2.45) is 4.99 Å². The fourth-order valence-corrected chi connectivity index (χ4v) is 10.0. The van der Waals surface area contributed by atoms with Gasteiger partial charge in [0.15, 0.2) is 5.82 Å². The molecule has 8 heteroatoms. The largest absolute Gasteiger partial charge is 0.494 e. The number of anilines is 2. The zero-order valence-electron chi connectivity index (χ0n) is 22.8. The van der Waals surface area contributed by atoms with E-state index in [1.807, 2.05) is 79.3 Å². The summed E-state index contributed by atoms with van der Waals surface area (Å²) in [6, 6.07) is 26.8. The third kappa shape index (κ3) is 4.03. The smallest absolute Gasteiger partial charge is 0.166 e. The van der Waals surface area contributed by atoms with Crippen molar-refractivity contribution < 1.29 is 4.74 Å². The van der Waals surface area contributed by atoms with Gasteiger partial charge < -0.3 is 14.7 Å². The first-order chi connectivity index (χ1) is 18.8. The van der Waals surface area contributed by atoms with Gasteiger partial charge in [0.25, 0.3) is 0 Å². The van der Waals surface area contributed by atoms with E-state index in [0.717, 1.165) is 39.3 Å². The number of aromatic nitrogens is 2. The third-order valence-corrected chi connectivity index (χ3v) is 11.7. The van der Waals surface area contributed by atoms with Gasteiger partial charge in [-0.15, -0.1) is 0 Å². The van der Waals surface area contributed by atoms with Crippen molar-refractivity contribution in [2.45, 2.75) is 33.1 Å². The van der Waals surface area contributed by atoms with Crippen LogP contribution in [0.5, 0.6) is 5.75 Å². The number of likely N-dealkylation sites (N-methyl/N-ethyl adjacent to an activating group) is 1. The van der Waals surface area contributed by atoms with Gasteiger partial charge in [-0.2, -0.15) is 5.10 Å². The standard InChI is InChI=1S/C31H32N5OPS/c1-6-37-24-18-16-22(17-19-24)34-38(39)27(29-31(3,4)25-14-10-11-15-26(25)35(29)5)20-32-30-28(38)21(2)33-36(30)23-12-8-7-9-13-23/h7-20H,6H2,1-5H3,(H,34,39)/b29-27-/t38-/m1/s1. The minimum Gasteiger partial charge on any atom is -0.494 e. The average Bonchev–Trinajstić information content (AvgIpc) is 3.38. The summed E-state index contributed by atoms with van der Waals surface area (Å²) in [5.41, 5.74) is 6.20. The van der Waals surface area contributed by atoms with Crippen LogP contribution in [0.3, 0.4) is 0 Å². The Labute approximate surface area is 235 Å². The van der Waals surface area contributed by atoms with Crippen LogP contribution in [0.4, 0.5) is 17.2 Å². The van der Waals surface area contributed by atoms with Crippen LogP contribution in [0.15, 0.2) is 94.9 Å². The lowest BCUT2D eigenvalue weighted by Crippen LogP contribution is -2.29. The number of aryl methyl sites for hydroxylation is 1. The van der Waals surface area contributed by atoms with Gasteiger partial charge in [0.2, 0.25) is 0 Å². The second kappa shape index (κ2) is 9.51. The molecule has 2 aliphatic rings. The highest BCUT2D eigenvalue weighted by molar-refractivity contribution is 8.21. The fraction of sp³-hybridized carbons (Fsp3) is 0.226. The SMILES string of the molecule is CCOc1ccc(N[P@@]2(=S)/C(=C3\N(C)c4ccccc4C3(C)C)C=Nc3c2c(C)nn3-c2ccccc2)cc1. The number of hydrogen-bond donors (Lipinski definition) is 1. The predicted molar refractivity (Wildman–Crippen MR) is 167 cm³/mol. The molecule has 198 valence electrons. The highest BCUT2D eigenvalue weighted by atomic mass is 32.4. The summed E-state index contributed by atoms with van der Waals surface area (Å²) in [5.74, 6) is 1.63. The molecule has 2 aliphatic heterocycles. The Morgan fingerprint density at radius 3 is 2.36 bits per heavy atom. The number of ether oxygens (including phenoxy) is 1. The number of para-hydroxylation sites is 2. The molecule has 0 bridgehead atoms. The highest BCUT2D eigenvalue weighted by Gasteiger charge is 2.45. The number of fused-ring (bicyclic) bond motifs is 2. The van der Waals surface area contributed by atoms with Gasteiger partial charge in [-0.25, -0.2) is 9.67 Å². The lowest BCUT2D eigenvalue weighted by Gasteiger charge is -2.35. The molecular weight excluding hydrogens is 521 g/mol. The Hall–Kier alpha value is -3.67. The number of nitrogens with one attached hydrogen (secondary N) is 1. The van der Waals surface area contributed by atoms with Crippen molar-refractivity contribution in [3.63, 3.8) is 0 Å². The third-order valence-electron chi connectivity index (χ3n) is 7.53. The summed E-state index contributed by atoms with van der Waals surface area (Å²) in [5, 5.41) is 10.9. The molecule has 0 spiro atoms. The first-order valence-electron chi connectivity index (χ1n) is 13.1. The van der Waals surface area contributed by atoms with E-state index < -0.39 is 6.19 Å². The number of benzene rings is 3. The van der Waals surface area contributed by atoms with Crippen molar-refractivity contribution >= 4 is 46.7 Å². The summed E-state index contributed by atoms with van der Waals surface area (Å²) in [6.07, 6.45) is -0.660. The van der Waals surface area contributed by atoms with Crippen molar-refractivity contribution in [1.82, 2.24) is 9.78 Å². The van der Waals surface area contributed by atoms with E-state index in [2.05, 4.69) is 55.1 Å². The number of allylic oxidation sites excluding steroid dienone is 2. The van der Waals surface area contributed by atoms with Gasteiger partial charge in [-0.1, -0.05) is 62.1 Å². The number of nitrogens with zero attached hydrogens (tertiary/aromatic N) is 4. The maximum Gasteiger partial charge on any atom is 0.166 e. The second-order valence-corrected chi connectivity index (χ2v) is 14.4. The normalized spacial score (nSPS) is 21.0. The van der Waals surface area contributed by atoms with Gasteiger partial charge in [-0.05, 0) is 61.9 Å². The van der Waals surface area contributed by atoms with Gasteiger partial charge in [-0.3, -0.25) is 0 Å². The topological polar surface area (TPSA) is 54.7 Å². The van der Waals surface area contributed by atoms with Crippen LogP contribution in [0.25, 0.3) is 5.69 Å². The van der Waals surface area contributed by atoms with Crippen LogP contribution >= 0.6 is 6.19 Å². The first-order valence-corrected chi connectivity index (χ1v) is 16.0. The molecule has 4 aromatic rings. The average molecular weight is 554 g/mol. The van der Waals surface area contributed by atoms with Crippen LogP contribution in [-0.2, 0) is 17.2 Å². The molecule has 0 saturated carbocycles. The molecule has 6 rings (SSSR count). The molecule has 0 amide bonds. The van der Waals surface area contributed by atoms with Gasteiger partial charge in [0.05, 0.1) is 29.5 Å². The molecule has 0 radical (unpaired) electrons. The van der Waals surface area contributed by atoms with E-state index in [1.165, 1.54) is 16.9 Å². The Balaban J connectivity index is 1.59.